The van der Waals surface area contributed by atoms with Crippen LogP contribution in [0, 0.1) is 0 Å². The van der Waals surface area contributed by atoms with Gasteiger partial charge in [-0.1, -0.05) is 25.1 Å². The van der Waals surface area contributed by atoms with Gasteiger partial charge in [0.05, 0.1) is 0 Å². The van der Waals surface area contributed by atoms with E-state index in [2.05, 4.69) is 31.9 Å². The van der Waals surface area contributed by atoms with Crippen LogP contribution in [-0.4, -0.2) is 21.2 Å². The van der Waals surface area contributed by atoms with Crippen molar-refractivity contribution in [3.8, 4) is 0 Å². The van der Waals surface area contributed by atoms with Crippen LogP contribution in [0.1, 0.15) is 49.2 Å². The Morgan fingerprint density at radius 2 is 2.00 bits per heavy atom. The van der Waals surface area contributed by atoms with E-state index in [0.717, 1.165) is 12.1 Å². The number of fused-ring (bicyclic) bond motifs is 1. The van der Waals surface area contributed by atoms with Gasteiger partial charge in [0.1, 0.15) is 5.69 Å². The molecule has 4 heteroatoms. The summed E-state index contributed by atoms with van der Waals surface area (Å²) in [6.45, 7) is 6.49. The molecular weight excluding hydrogens is 262 g/mol. The molecule has 0 bridgehead atoms. The summed E-state index contributed by atoms with van der Waals surface area (Å²) in [5.74, 6) is 0.464. The van der Waals surface area contributed by atoms with Crippen molar-refractivity contribution in [1.29, 1.82) is 0 Å². The van der Waals surface area contributed by atoms with E-state index in [0.29, 0.717) is 11.6 Å². The second-order valence-electron chi connectivity index (χ2n) is 6.46. The normalized spacial score (nSPS) is 20.2. The van der Waals surface area contributed by atoms with Gasteiger partial charge < -0.3 is 4.90 Å². The zero-order valence-corrected chi connectivity index (χ0v) is 13.0. The van der Waals surface area contributed by atoms with Crippen LogP contribution in [0.5, 0.6) is 0 Å². The first-order valence-corrected chi connectivity index (χ1v) is 7.33. The lowest BCUT2D eigenvalue weighted by Gasteiger charge is -2.45. The van der Waals surface area contributed by atoms with Gasteiger partial charge in [0.2, 0.25) is 0 Å². The molecule has 0 saturated carbocycles. The molecule has 1 aromatic heterocycles. The molecule has 4 nitrogen and oxygen atoms in total. The van der Waals surface area contributed by atoms with Gasteiger partial charge in [-0.05, 0) is 43.9 Å². The number of benzene rings is 1. The fourth-order valence-corrected chi connectivity index (χ4v) is 3.47. The third-order valence-electron chi connectivity index (χ3n) is 4.36. The summed E-state index contributed by atoms with van der Waals surface area (Å²) in [6, 6.07) is 9.98. The van der Waals surface area contributed by atoms with Gasteiger partial charge in [0.25, 0.3) is 5.91 Å². The molecule has 0 saturated heterocycles. The molecule has 1 amide bonds. The Morgan fingerprint density at radius 1 is 1.29 bits per heavy atom. The fourth-order valence-electron chi connectivity index (χ4n) is 3.47. The number of amides is 1. The number of carbonyl (C=O) groups is 1. The molecule has 0 N–H and O–H groups in total. The summed E-state index contributed by atoms with van der Waals surface area (Å²) < 4.78 is 1.64. The van der Waals surface area contributed by atoms with Crippen LogP contribution in [0.15, 0.2) is 36.5 Å². The monoisotopic (exact) mass is 283 g/mol. The summed E-state index contributed by atoms with van der Waals surface area (Å²) in [5, 5.41) is 4.12. The minimum atomic E-state index is -0.213. The van der Waals surface area contributed by atoms with Crippen LogP contribution in [0.4, 0.5) is 5.69 Å². The highest BCUT2D eigenvalue weighted by Crippen LogP contribution is 2.43. The zero-order chi connectivity index (χ0) is 15.2. The molecule has 3 rings (SSSR count). The number of aromatic nitrogens is 2. The molecule has 1 atom stereocenters. The topological polar surface area (TPSA) is 38.1 Å². The Kier molecular flexibility index (Phi) is 3.12. The zero-order valence-electron chi connectivity index (χ0n) is 13.0. The standard InChI is InChI=1S/C17H21N3O/c1-12-11-17(2,3)20(14-8-6-5-7-13(12)14)16(21)15-9-10-18-19(15)4/h5-10,12H,11H2,1-4H3/t12-/m1/s1. The van der Waals surface area contributed by atoms with Crippen LogP contribution >= 0.6 is 0 Å². The van der Waals surface area contributed by atoms with E-state index < -0.39 is 0 Å². The number of rotatable bonds is 1. The predicted molar refractivity (Wildman–Crippen MR) is 83.6 cm³/mol. The largest absolute Gasteiger partial charge is 0.301 e. The number of aryl methyl sites for hydroxylation is 1. The highest BCUT2D eigenvalue weighted by molar-refractivity contribution is 6.06. The van der Waals surface area contributed by atoms with Crippen LogP contribution in [-0.2, 0) is 7.05 Å². The molecule has 1 aliphatic rings. The average molecular weight is 283 g/mol. The maximum Gasteiger partial charge on any atom is 0.277 e. The highest BCUT2D eigenvalue weighted by Gasteiger charge is 2.40. The Hall–Kier alpha value is -2.10. The molecule has 2 heterocycles. The lowest BCUT2D eigenvalue weighted by atomic mass is 9.80. The van der Waals surface area contributed by atoms with E-state index in [1.165, 1.54) is 5.56 Å². The van der Waals surface area contributed by atoms with E-state index in [1.807, 2.05) is 23.1 Å². The van der Waals surface area contributed by atoms with Gasteiger partial charge in [0.15, 0.2) is 0 Å². The lowest BCUT2D eigenvalue weighted by Crippen LogP contribution is -2.52. The van der Waals surface area contributed by atoms with E-state index >= 15 is 0 Å². The van der Waals surface area contributed by atoms with E-state index in [1.54, 1.807) is 24.0 Å². The summed E-state index contributed by atoms with van der Waals surface area (Å²) in [5.41, 5.74) is 2.67. The van der Waals surface area contributed by atoms with Gasteiger partial charge in [0, 0.05) is 24.5 Å². The summed E-state index contributed by atoms with van der Waals surface area (Å²) in [4.78, 5) is 15.0. The molecule has 0 radical (unpaired) electrons. The first-order valence-electron chi connectivity index (χ1n) is 7.33. The average Bonchev–Trinajstić information content (AvgIpc) is 2.84. The SMILES string of the molecule is C[C@@H]1CC(C)(C)N(C(=O)c2ccnn2C)c2ccccc21. The number of carbonyl (C=O) groups excluding carboxylic acids is 1. The van der Waals surface area contributed by atoms with Gasteiger partial charge in [-0.2, -0.15) is 5.10 Å². The molecule has 0 aliphatic carbocycles. The van der Waals surface area contributed by atoms with E-state index in [9.17, 15) is 4.79 Å². The van der Waals surface area contributed by atoms with E-state index in [4.69, 9.17) is 0 Å². The number of anilines is 1. The molecule has 0 spiro atoms. The molecule has 110 valence electrons. The quantitative estimate of drug-likeness (QED) is 0.805. The van der Waals surface area contributed by atoms with Gasteiger partial charge in [-0.15, -0.1) is 0 Å². The van der Waals surface area contributed by atoms with Crippen molar-refractivity contribution in [2.75, 3.05) is 4.90 Å². The first-order chi connectivity index (χ1) is 9.92. The van der Waals surface area contributed by atoms with Gasteiger partial charge >= 0.3 is 0 Å². The van der Waals surface area contributed by atoms with Gasteiger partial charge in [-0.25, -0.2) is 0 Å². The highest BCUT2D eigenvalue weighted by atomic mass is 16.2. The Morgan fingerprint density at radius 3 is 2.67 bits per heavy atom. The number of hydrogen-bond donors (Lipinski definition) is 0. The minimum absolute atomic E-state index is 0.0133. The molecule has 1 aliphatic heterocycles. The van der Waals surface area contributed by atoms with Crippen LogP contribution in [0.3, 0.4) is 0 Å². The smallest absolute Gasteiger partial charge is 0.277 e. The molecule has 0 unspecified atom stereocenters. The Labute approximate surface area is 125 Å². The minimum Gasteiger partial charge on any atom is -0.301 e. The van der Waals surface area contributed by atoms with Crippen molar-refractivity contribution in [2.24, 2.45) is 7.05 Å². The summed E-state index contributed by atoms with van der Waals surface area (Å²) >= 11 is 0. The second kappa shape index (κ2) is 4.72. The van der Waals surface area contributed by atoms with Crippen LogP contribution < -0.4 is 4.90 Å². The maximum absolute atomic E-state index is 13.0. The number of hydrogen-bond acceptors (Lipinski definition) is 2. The summed E-state index contributed by atoms with van der Waals surface area (Å²) in [6.07, 6.45) is 2.62. The Balaban J connectivity index is 2.13. The Bertz CT molecular complexity index is 687. The molecule has 0 fully saturated rings. The van der Waals surface area contributed by atoms with Crippen molar-refractivity contribution in [2.45, 2.75) is 38.6 Å². The van der Waals surface area contributed by atoms with Crippen molar-refractivity contribution < 1.29 is 4.79 Å². The number of para-hydroxylation sites is 1. The van der Waals surface area contributed by atoms with Crippen molar-refractivity contribution in [1.82, 2.24) is 9.78 Å². The third-order valence-corrected chi connectivity index (χ3v) is 4.36. The van der Waals surface area contributed by atoms with Crippen LogP contribution in [0.2, 0.25) is 0 Å². The van der Waals surface area contributed by atoms with Gasteiger partial charge in [-0.3, -0.25) is 9.48 Å². The molecular formula is C17H21N3O. The van der Waals surface area contributed by atoms with Crippen molar-refractivity contribution in [3.05, 3.63) is 47.8 Å². The van der Waals surface area contributed by atoms with Crippen molar-refractivity contribution >= 4 is 11.6 Å². The molecule has 2 aromatic rings. The summed E-state index contributed by atoms with van der Waals surface area (Å²) in [7, 11) is 1.80. The third kappa shape index (κ3) is 2.15. The second-order valence-corrected chi connectivity index (χ2v) is 6.46. The van der Waals surface area contributed by atoms with Crippen molar-refractivity contribution in [3.63, 3.8) is 0 Å². The molecule has 1 aromatic carbocycles. The fraction of sp³-hybridized carbons (Fsp3) is 0.412. The van der Waals surface area contributed by atoms with Crippen LogP contribution in [0.25, 0.3) is 0 Å². The molecule has 21 heavy (non-hydrogen) atoms. The predicted octanol–water partition coefficient (Wildman–Crippen LogP) is 3.35. The van der Waals surface area contributed by atoms with E-state index in [-0.39, 0.29) is 11.4 Å². The number of nitrogens with zero attached hydrogens (tertiary/aromatic N) is 3. The first kappa shape index (κ1) is 13.9. The maximum atomic E-state index is 13.0. The lowest BCUT2D eigenvalue weighted by molar-refractivity contribution is 0.0944.